The molecule has 0 aliphatic carbocycles. The van der Waals surface area contributed by atoms with Crippen molar-refractivity contribution in [1.82, 2.24) is 9.80 Å². The summed E-state index contributed by atoms with van der Waals surface area (Å²) in [7, 11) is 0. The van der Waals surface area contributed by atoms with Gasteiger partial charge in [0.25, 0.3) is 5.91 Å². The van der Waals surface area contributed by atoms with Crippen LogP contribution < -0.4 is 5.32 Å². The van der Waals surface area contributed by atoms with E-state index in [0.29, 0.717) is 22.8 Å². The molecule has 9 heteroatoms. The first-order valence-corrected chi connectivity index (χ1v) is 11.2. The molecule has 3 aromatic carbocycles. The van der Waals surface area contributed by atoms with Gasteiger partial charge in [-0.05, 0) is 71.9 Å². The fraction of sp³-hybridized carbons (Fsp3) is 0.160. The average Bonchev–Trinajstić information content (AvgIpc) is 3.02. The molecule has 1 aliphatic rings. The molecule has 0 radical (unpaired) electrons. The minimum Gasteiger partial charge on any atom is -0.332 e. The summed E-state index contributed by atoms with van der Waals surface area (Å²) in [5.74, 6) is -1.52. The summed E-state index contributed by atoms with van der Waals surface area (Å²) in [5, 5.41) is 3.55. The van der Waals surface area contributed by atoms with E-state index in [0.717, 1.165) is 5.56 Å². The number of benzene rings is 3. The van der Waals surface area contributed by atoms with Gasteiger partial charge in [0.1, 0.15) is 17.7 Å². The molecule has 1 unspecified atom stereocenters. The molecule has 2 amide bonds. The normalized spacial score (nSPS) is 15.7. The number of thiocarbonyl (C=S) groups is 1. The van der Waals surface area contributed by atoms with Crippen molar-refractivity contribution < 1.29 is 18.4 Å². The van der Waals surface area contributed by atoms with E-state index in [1.54, 1.807) is 29.2 Å². The van der Waals surface area contributed by atoms with E-state index >= 15 is 0 Å². The Hall–Kier alpha value is -3.36. The van der Waals surface area contributed by atoms with Crippen molar-refractivity contribution in [3.05, 3.63) is 101 Å². The third-order valence-electron chi connectivity index (χ3n) is 5.43. The molecule has 1 aliphatic heterocycles. The molecule has 1 heterocycles. The highest BCUT2D eigenvalue weighted by atomic mass is 35.5. The quantitative estimate of drug-likeness (QED) is 0.457. The SMILES string of the molecule is O=C(CC1C(=O)N(Cc2ccc(F)cc2)C(=S)N1Cc1ccc(Cl)cc1)Nc1ccc(F)cc1. The van der Waals surface area contributed by atoms with Crippen molar-refractivity contribution in [2.24, 2.45) is 0 Å². The highest BCUT2D eigenvalue weighted by Crippen LogP contribution is 2.26. The van der Waals surface area contributed by atoms with Crippen molar-refractivity contribution in [3.63, 3.8) is 0 Å². The van der Waals surface area contributed by atoms with E-state index in [1.807, 2.05) is 12.1 Å². The lowest BCUT2D eigenvalue weighted by molar-refractivity contribution is -0.131. The van der Waals surface area contributed by atoms with Gasteiger partial charge < -0.3 is 10.2 Å². The minimum atomic E-state index is -0.830. The van der Waals surface area contributed by atoms with Crippen LogP contribution in [0, 0.1) is 11.6 Å². The van der Waals surface area contributed by atoms with E-state index in [-0.39, 0.29) is 29.8 Å². The number of carbonyl (C=O) groups excluding carboxylic acids is 2. The van der Waals surface area contributed by atoms with Gasteiger partial charge in [-0.1, -0.05) is 35.9 Å². The van der Waals surface area contributed by atoms with Crippen LogP contribution in [0.5, 0.6) is 0 Å². The first-order valence-electron chi connectivity index (χ1n) is 10.5. The lowest BCUT2D eigenvalue weighted by atomic mass is 10.1. The lowest BCUT2D eigenvalue weighted by Crippen LogP contribution is -2.37. The fourth-order valence-corrected chi connectivity index (χ4v) is 4.17. The maximum atomic E-state index is 13.3. The van der Waals surface area contributed by atoms with Crippen LogP contribution in [0.1, 0.15) is 17.5 Å². The molecule has 1 saturated heterocycles. The number of anilines is 1. The van der Waals surface area contributed by atoms with E-state index in [4.69, 9.17) is 23.8 Å². The van der Waals surface area contributed by atoms with Crippen LogP contribution in [-0.4, -0.2) is 32.8 Å². The summed E-state index contributed by atoms with van der Waals surface area (Å²) >= 11 is 11.6. The zero-order valence-corrected chi connectivity index (χ0v) is 19.5. The molecule has 1 fully saturated rings. The van der Waals surface area contributed by atoms with Crippen LogP contribution in [0.2, 0.25) is 5.02 Å². The van der Waals surface area contributed by atoms with Gasteiger partial charge in [0.15, 0.2) is 5.11 Å². The van der Waals surface area contributed by atoms with E-state index in [9.17, 15) is 18.4 Å². The maximum absolute atomic E-state index is 13.3. The predicted octanol–water partition coefficient (Wildman–Crippen LogP) is 5.14. The average molecular weight is 500 g/mol. The summed E-state index contributed by atoms with van der Waals surface area (Å²) in [6.07, 6.45) is -0.149. The van der Waals surface area contributed by atoms with E-state index in [2.05, 4.69) is 5.32 Å². The second kappa shape index (κ2) is 10.3. The molecule has 1 atom stereocenters. The lowest BCUT2D eigenvalue weighted by Gasteiger charge is -2.24. The number of amides is 2. The molecule has 0 spiro atoms. The van der Waals surface area contributed by atoms with Crippen LogP contribution in [0.4, 0.5) is 14.5 Å². The predicted molar refractivity (Wildman–Crippen MR) is 130 cm³/mol. The molecule has 34 heavy (non-hydrogen) atoms. The Balaban J connectivity index is 1.55. The molecule has 1 N–H and O–H groups in total. The molecule has 0 saturated carbocycles. The van der Waals surface area contributed by atoms with Crippen molar-refractivity contribution in [3.8, 4) is 0 Å². The second-order valence-corrected chi connectivity index (χ2v) is 8.66. The van der Waals surface area contributed by atoms with E-state index < -0.39 is 17.8 Å². The number of halogens is 3. The summed E-state index contributed by atoms with van der Waals surface area (Å²) in [6.45, 7) is 0.460. The van der Waals surface area contributed by atoms with Gasteiger partial charge in [0.2, 0.25) is 5.91 Å². The van der Waals surface area contributed by atoms with Gasteiger partial charge in [-0.2, -0.15) is 0 Å². The zero-order chi connectivity index (χ0) is 24.2. The topological polar surface area (TPSA) is 52.7 Å². The number of hydrogen-bond acceptors (Lipinski definition) is 3. The first-order chi connectivity index (χ1) is 16.3. The van der Waals surface area contributed by atoms with Crippen molar-refractivity contribution >= 4 is 46.4 Å². The Morgan fingerprint density at radius 2 is 1.41 bits per heavy atom. The largest absolute Gasteiger partial charge is 0.332 e. The third kappa shape index (κ3) is 5.58. The molecule has 0 bridgehead atoms. The molecular weight excluding hydrogens is 480 g/mol. The van der Waals surface area contributed by atoms with Gasteiger partial charge in [0, 0.05) is 17.3 Å². The Morgan fingerprint density at radius 1 is 0.882 bits per heavy atom. The fourth-order valence-electron chi connectivity index (χ4n) is 3.70. The van der Waals surface area contributed by atoms with Crippen LogP contribution in [-0.2, 0) is 22.7 Å². The van der Waals surface area contributed by atoms with Crippen LogP contribution in [0.25, 0.3) is 0 Å². The van der Waals surface area contributed by atoms with Gasteiger partial charge in [0.05, 0.1) is 13.0 Å². The molecule has 0 aromatic heterocycles. The first kappa shape index (κ1) is 23.8. The standard InChI is InChI=1S/C25H20ClF2N3O2S/c26-18-5-1-16(2-6-18)14-30-22(13-23(32)29-21-11-9-20(28)10-12-21)24(33)31(25(30)34)15-17-3-7-19(27)8-4-17/h1-12,22H,13-15H2,(H,29,32). The van der Waals surface area contributed by atoms with Crippen LogP contribution in [0.15, 0.2) is 72.8 Å². The molecule has 174 valence electrons. The van der Waals surface area contributed by atoms with Crippen molar-refractivity contribution in [2.45, 2.75) is 25.6 Å². The Bertz CT molecular complexity index is 1200. The number of hydrogen-bond donors (Lipinski definition) is 1. The number of nitrogens with one attached hydrogen (secondary N) is 1. The molecule has 4 rings (SSSR count). The summed E-state index contributed by atoms with van der Waals surface area (Å²) in [6, 6.07) is 17.5. The molecule has 5 nitrogen and oxygen atoms in total. The van der Waals surface area contributed by atoms with Crippen molar-refractivity contribution in [2.75, 3.05) is 5.32 Å². The second-order valence-electron chi connectivity index (χ2n) is 7.86. The highest BCUT2D eigenvalue weighted by Gasteiger charge is 2.43. The third-order valence-corrected chi connectivity index (χ3v) is 6.14. The highest BCUT2D eigenvalue weighted by molar-refractivity contribution is 7.80. The molecule has 3 aromatic rings. The van der Waals surface area contributed by atoms with Gasteiger partial charge in [-0.15, -0.1) is 0 Å². The Labute approximate surface area is 205 Å². The van der Waals surface area contributed by atoms with Gasteiger partial charge >= 0.3 is 0 Å². The van der Waals surface area contributed by atoms with Crippen molar-refractivity contribution in [1.29, 1.82) is 0 Å². The Morgan fingerprint density at radius 3 is 2.03 bits per heavy atom. The zero-order valence-electron chi connectivity index (χ0n) is 17.9. The summed E-state index contributed by atoms with van der Waals surface area (Å²) in [5.41, 5.74) is 2.00. The maximum Gasteiger partial charge on any atom is 0.252 e. The Kier molecular flexibility index (Phi) is 7.19. The van der Waals surface area contributed by atoms with Gasteiger partial charge in [-0.25, -0.2) is 8.78 Å². The van der Waals surface area contributed by atoms with Crippen LogP contribution >= 0.6 is 23.8 Å². The smallest absolute Gasteiger partial charge is 0.252 e. The number of rotatable bonds is 7. The monoisotopic (exact) mass is 499 g/mol. The number of nitrogens with zero attached hydrogens (tertiary/aromatic N) is 2. The van der Waals surface area contributed by atoms with Gasteiger partial charge in [-0.3, -0.25) is 14.5 Å². The summed E-state index contributed by atoms with van der Waals surface area (Å²) < 4.78 is 26.5. The van der Waals surface area contributed by atoms with Crippen LogP contribution in [0.3, 0.4) is 0 Å². The molecular formula is C25H20ClF2N3O2S. The summed E-state index contributed by atoms with van der Waals surface area (Å²) in [4.78, 5) is 29.2. The minimum absolute atomic E-state index is 0.149. The number of carbonyl (C=O) groups is 2. The van der Waals surface area contributed by atoms with E-state index in [1.165, 1.54) is 41.3 Å².